The molecule has 1 unspecified atom stereocenters. The fraction of sp³-hybridized carbons (Fsp3) is 0.900. The van der Waals surface area contributed by atoms with Crippen LogP contribution >= 0.6 is 0 Å². The zero-order chi connectivity index (χ0) is 17.7. The second-order valence-corrected chi connectivity index (χ2v) is 9.78. The molecule has 4 nitrogen and oxygen atoms in total. The molecular weight excluding hydrogens is 304 g/mol. The minimum atomic E-state index is -0.825. The molecule has 0 aromatic heterocycles. The molecular formula is C20H32O4. The molecule has 0 N–H and O–H groups in total. The normalized spacial score (nSPS) is 38.7. The Balaban J connectivity index is 1.59. The highest BCUT2D eigenvalue weighted by Gasteiger charge is 2.57. The fourth-order valence-electron chi connectivity index (χ4n) is 5.31. The van der Waals surface area contributed by atoms with Crippen LogP contribution in [0.4, 0.5) is 0 Å². The Morgan fingerprint density at radius 3 is 2.00 bits per heavy atom. The van der Waals surface area contributed by atoms with Gasteiger partial charge < -0.3 is 9.47 Å². The molecule has 0 aromatic carbocycles. The zero-order valence-electron chi connectivity index (χ0n) is 15.8. The van der Waals surface area contributed by atoms with E-state index in [1.807, 2.05) is 20.8 Å². The van der Waals surface area contributed by atoms with Crippen molar-refractivity contribution in [2.45, 2.75) is 84.8 Å². The molecule has 0 aromatic rings. The summed E-state index contributed by atoms with van der Waals surface area (Å²) in [6, 6.07) is 0. The Morgan fingerprint density at radius 2 is 1.54 bits per heavy atom. The van der Waals surface area contributed by atoms with Gasteiger partial charge in [0.25, 0.3) is 0 Å². The van der Waals surface area contributed by atoms with Crippen molar-refractivity contribution in [3.8, 4) is 0 Å². The second kappa shape index (κ2) is 6.03. The maximum absolute atomic E-state index is 12.5. The first-order chi connectivity index (χ1) is 11.1. The maximum atomic E-state index is 12.5. The molecule has 0 aliphatic heterocycles. The van der Waals surface area contributed by atoms with Crippen LogP contribution in [0.5, 0.6) is 0 Å². The highest BCUT2D eigenvalue weighted by molar-refractivity contribution is 5.79. The third kappa shape index (κ3) is 3.48. The monoisotopic (exact) mass is 336 g/mol. The molecule has 0 amide bonds. The van der Waals surface area contributed by atoms with Gasteiger partial charge in [-0.15, -0.1) is 0 Å². The van der Waals surface area contributed by atoms with Gasteiger partial charge in [-0.1, -0.05) is 20.8 Å². The average Bonchev–Trinajstić information content (AvgIpc) is 2.42. The van der Waals surface area contributed by atoms with Crippen LogP contribution in [-0.2, 0) is 19.1 Å². The van der Waals surface area contributed by atoms with Crippen LogP contribution < -0.4 is 0 Å². The van der Waals surface area contributed by atoms with Crippen molar-refractivity contribution in [1.82, 2.24) is 0 Å². The molecule has 136 valence electrons. The third-order valence-corrected chi connectivity index (χ3v) is 6.39. The molecule has 0 radical (unpaired) electrons. The van der Waals surface area contributed by atoms with Gasteiger partial charge in [-0.2, -0.15) is 0 Å². The van der Waals surface area contributed by atoms with E-state index in [1.54, 1.807) is 6.92 Å². The summed E-state index contributed by atoms with van der Waals surface area (Å²) in [6.45, 7) is 9.68. The van der Waals surface area contributed by atoms with Crippen molar-refractivity contribution in [3.05, 3.63) is 0 Å². The molecule has 4 rings (SSSR count). The van der Waals surface area contributed by atoms with E-state index in [0.29, 0.717) is 18.3 Å². The third-order valence-electron chi connectivity index (χ3n) is 6.39. The lowest BCUT2D eigenvalue weighted by Crippen LogP contribution is -2.58. The Hall–Kier alpha value is -1.06. The Labute approximate surface area is 145 Å². The number of hydrogen-bond donors (Lipinski definition) is 0. The van der Waals surface area contributed by atoms with E-state index in [4.69, 9.17) is 9.47 Å². The van der Waals surface area contributed by atoms with Gasteiger partial charge in [0.2, 0.25) is 0 Å². The number of carbonyl (C=O) groups is 2. The summed E-state index contributed by atoms with van der Waals surface area (Å²) in [7, 11) is 0. The summed E-state index contributed by atoms with van der Waals surface area (Å²) in [6.07, 6.45) is 5.61. The van der Waals surface area contributed by atoms with Gasteiger partial charge in [-0.25, -0.2) is 4.79 Å². The van der Waals surface area contributed by atoms with Crippen molar-refractivity contribution in [3.63, 3.8) is 0 Å². The lowest BCUT2D eigenvalue weighted by atomic mass is 9.50. The van der Waals surface area contributed by atoms with E-state index in [0.717, 1.165) is 11.8 Å². The van der Waals surface area contributed by atoms with Gasteiger partial charge in [0.1, 0.15) is 5.60 Å². The molecule has 4 fully saturated rings. The fourth-order valence-corrected chi connectivity index (χ4v) is 5.31. The zero-order valence-corrected chi connectivity index (χ0v) is 15.8. The molecule has 4 bridgehead atoms. The molecule has 1 atom stereocenters. The summed E-state index contributed by atoms with van der Waals surface area (Å²) in [5.41, 5.74) is -0.511. The van der Waals surface area contributed by atoms with Gasteiger partial charge >= 0.3 is 11.9 Å². The highest BCUT2D eigenvalue weighted by Crippen LogP contribution is 2.59. The lowest BCUT2D eigenvalue weighted by Gasteiger charge is -2.59. The standard InChI is InChI=1S/C20H32O4/c1-12(23-17(21)11-19(2,3)4)18(22)24-20(5)15-7-13-6-14(9-15)10-16(20)8-13/h12-16H,6-11H2,1-5H3. The Kier molecular flexibility index (Phi) is 4.46. The van der Waals surface area contributed by atoms with Crippen molar-refractivity contribution >= 4 is 11.9 Å². The van der Waals surface area contributed by atoms with E-state index in [2.05, 4.69) is 6.92 Å². The van der Waals surface area contributed by atoms with Crippen molar-refractivity contribution in [2.75, 3.05) is 0 Å². The molecule has 4 heteroatoms. The number of esters is 2. The molecule has 4 aliphatic rings. The quantitative estimate of drug-likeness (QED) is 0.725. The first-order valence-electron chi connectivity index (χ1n) is 9.49. The molecule has 0 spiro atoms. The van der Waals surface area contributed by atoms with E-state index in [1.165, 1.54) is 32.1 Å². The van der Waals surface area contributed by atoms with E-state index < -0.39 is 6.10 Å². The molecule has 0 heterocycles. The van der Waals surface area contributed by atoms with E-state index in [9.17, 15) is 9.59 Å². The van der Waals surface area contributed by atoms with Crippen LogP contribution in [-0.4, -0.2) is 23.6 Å². The van der Waals surface area contributed by atoms with Crippen LogP contribution in [0.1, 0.15) is 73.1 Å². The minimum Gasteiger partial charge on any atom is -0.456 e. The second-order valence-electron chi connectivity index (χ2n) is 9.78. The summed E-state index contributed by atoms with van der Waals surface area (Å²) >= 11 is 0. The van der Waals surface area contributed by atoms with Crippen molar-refractivity contribution < 1.29 is 19.1 Å². The SMILES string of the molecule is CC(OC(=O)CC(C)(C)C)C(=O)OC1(C)C2CC3CC(C2)CC1C3. The lowest BCUT2D eigenvalue weighted by molar-refractivity contribution is -0.212. The number of hydrogen-bond acceptors (Lipinski definition) is 4. The predicted octanol–water partition coefficient (Wildman–Crippen LogP) is 4.11. The Morgan fingerprint density at radius 1 is 1.04 bits per heavy atom. The highest BCUT2D eigenvalue weighted by atomic mass is 16.6. The van der Waals surface area contributed by atoms with Crippen molar-refractivity contribution in [1.29, 1.82) is 0 Å². The first-order valence-corrected chi connectivity index (χ1v) is 9.49. The average molecular weight is 336 g/mol. The Bertz CT molecular complexity index is 488. The van der Waals surface area contributed by atoms with Crippen LogP contribution in [0, 0.1) is 29.1 Å². The molecule has 4 aliphatic carbocycles. The van der Waals surface area contributed by atoms with Gasteiger partial charge in [-0.05, 0) is 75.0 Å². The maximum Gasteiger partial charge on any atom is 0.347 e. The molecule has 24 heavy (non-hydrogen) atoms. The number of rotatable bonds is 4. The summed E-state index contributed by atoms with van der Waals surface area (Å²) < 4.78 is 11.3. The van der Waals surface area contributed by atoms with Gasteiger partial charge in [0.15, 0.2) is 6.10 Å². The minimum absolute atomic E-state index is 0.145. The molecule has 0 saturated heterocycles. The van der Waals surface area contributed by atoms with Gasteiger partial charge in [0, 0.05) is 0 Å². The van der Waals surface area contributed by atoms with Crippen molar-refractivity contribution in [2.24, 2.45) is 29.1 Å². The smallest absolute Gasteiger partial charge is 0.347 e. The van der Waals surface area contributed by atoms with Gasteiger partial charge in [-0.3, -0.25) is 4.79 Å². The first kappa shape index (κ1) is 17.8. The van der Waals surface area contributed by atoms with Crippen LogP contribution in [0.15, 0.2) is 0 Å². The van der Waals surface area contributed by atoms with Gasteiger partial charge in [0.05, 0.1) is 6.42 Å². The topological polar surface area (TPSA) is 52.6 Å². The summed E-state index contributed by atoms with van der Waals surface area (Å²) in [5, 5.41) is 0. The predicted molar refractivity (Wildman–Crippen MR) is 91.2 cm³/mol. The number of carbonyl (C=O) groups excluding carboxylic acids is 2. The van der Waals surface area contributed by atoms with Crippen LogP contribution in [0.25, 0.3) is 0 Å². The van der Waals surface area contributed by atoms with E-state index in [-0.39, 0.29) is 23.0 Å². The molecule has 4 saturated carbocycles. The van der Waals surface area contributed by atoms with Crippen LogP contribution in [0.3, 0.4) is 0 Å². The summed E-state index contributed by atoms with van der Waals surface area (Å²) in [4.78, 5) is 24.5. The van der Waals surface area contributed by atoms with E-state index >= 15 is 0 Å². The number of ether oxygens (including phenoxy) is 2. The summed E-state index contributed by atoms with van der Waals surface area (Å²) in [5.74, 6) is 1.92. The van der Waals surface area contributed by atoms with Crippen LogP contribution in [0.2, 0.25) is 0 Å². The largest absolute Gasteiger partial charge is 0.456 e.